The van der Waals surface area contributed by atoms with E-state index in [1.54, 1.807) is 20.8 Å². The molecule has 0 aliphatic heterocycles. The van der Waals surface area contributed by atoms with Crippen LogP contribution in [0.15, 0.2) is 30.3 Å². The molecule has 1 saturated carbocycles. The highest BCUT2D eigenvalue weighted by Gasteiger charge is 2.36. The number of benzene rings is 1. The average molecular weight is 333 g/mol. The van der Waals surface area contributed by atoms with Crippen molar-refractivity contribution in [2.45, 2.75) is 64.2 Å². The molecule has 5 nitrogen and oxygen atoms in total. The SMILES string of the molecule is CC(C)(C)OC(=O)N[C@@H](Cc1ccccc1)[C@@H](O)[C@H]1CCCC1=O. The van der Waals surface area contributed by atoms with Crippen LogP contribution in [0.1, 0.15) is 45.6 Å². The van der Waals surface area contributed by atoms with Crippen molar-refractivity contribution < 1.29 is 19.4 Å². The zero-order valence-electron chi connectivity index (χ0n) is 14.6. The molecule has 0 spiro atoms. The topological polar surface area (TPSA) is 75.6 Å². The highest BCUT2D eigenvalue weighted by atomic mass is 16.6. The van der Waals surface area contributed by atoms with Crippen LogP contribution in [0.5, 0.6) is 0 Å². The van der Waals surface area contributed by atoms with Crippen LogP contribution < -0.4 is 5.32 Å². The van der Waals surface area contributed by atoms with E-state index >= 15 is 0 Å². The third kappa shape index (κ3) is 5.34. The van der Waals surface area contributed by atoms with Crippen molar-refractivity contribution in [2.75, 3.05) is 0 Å². The minimum atomic E-state index is -0.910. The number of rotatable bonds is 5. The Kier molecular flexibility index (Phi) is 5.99. The van der Waals surface area contributed by atoms with E-state index in [0.717, 1.165) is 12.0 Å². The van der Waals surface area contributed by atoms with E-state index in [9.17, 15) is 14.7 Å². The minimum absolute atomic E-state index is 0.0755. The molecule has 1 fully saturated rings. The number of nitrogens with one attached hydrogen (secondary N) is 1. The molecule has 1 amide bonds. The lowest BCUT2D eigenvalue weighted by Gasteiger charge is -2.29. The molecule has 132 valence electrons. The second kappa shape index (κ2) is 7.79. The van der Waals surface area contributed by atoms with Gasteiger partial charge in [0.1, 0.15) is 11.4 Å². The Morgan fingerprint density at radius 1 is 1.33 bits per heavy atom. The number of hydrogen-bond donors (Lipinski definition) is 2. The van der Waals surface area contributed by atoms with Gasteiger partial charge in [0.2, 0.25) is 0 Å². The maximum Gasteiger partial charge on any atom is 0.407 e. The number of alkyl carbamates (subject to hydrolysis) is 1. The average Bonchev–Trinajstić information content (AvgIpc) is 2.91. The summed E-state index contributed by atoms with van der Waals surface area (Å²) in [7, 11) is 0. The number of aliphatic hydroxyl groups is 1. The van der Waals surface area contributed by atoms with Gasteiger partial charge in [-0.1, -0.05) is 30.3 Å². The van der Waals surface area contributed by atoms with Gasteiger partial charge in [-0.2, -0.15) is 0 Å². The van der Waals surface area contributed by atoms with Crippen molar-refractivity contribution >= 4 is 11.9 Å². The zero-order valence-corrected chi connectivity index (χ0v) is 14.6. The Balaban J connectivity index is 2.11. The van der Waals surface area contributed by atoms with Gasteiger partial charge in [0.15, 0.2) is 0 Å². The summed E-state index contributed by atoms with van der Waals surface area (Å²) in [5, 5.41) is 13.5. The predicted molar refractivity (Wildman–Crippen MR) is 91.7 cm³/mol. The van der Waals surface area contributed by atoms with Gasteiger partial charge in [0, 0.05) is 12.3 Å². The lowest BCUT2D eigenvalue weighted by atomic mass is 9.90. The number of aliphatic hydroxyl groups excluding tert-OH is 1. The van der Waals surface area contributed by atoms with Crippen LogP contribution in [0.2, 0.25) is 0 Å². The molecule has 0 aromatic heterocycles. The first-order chi connectivity index (χ1) is 11.3. The lowest BCUT2D eigenvalue weighted by Crippen LogP contribution is -2.50. The normalized spacial score (nSPS) is 20.5. The quantitative estimate of drug-likeness (QED) is 0.869. The molecule has 5 heteroatoms. The first kappa shape index (κ1) is 18.5. The van der Waals surface area contributed by atoms with Crippen LogP contribution >= 0.6 is 0 Å². The molecule has 0 heterocycles. The van der Waals surface area contributed by atoms with Gasteiger partial charge in [-0.3, -0.25) is 4.79 Å². The van der Waals surface area contributed by atoms with E-state index in [0.29, 0.717) is 19.3 Å². The number of Topliss-reactive ketones (excluding diaryl/α,β-unsaturated/α-hetero) is 1. The van der Waals surface area contributed by atoms with Crippen LogP contribution in [0.4, 0.5) is 4.79 Å². The molecular formula is C19H27NO4. The van der Waals surface area contributed by atoms with E-state index < -0.39 is 29.8 Å². The fourth-order valence-corrected chi connectivity index (χ4v) is 3.07. The molecule has 0 unspecified atom stereocenters. The maximum absolute atomic E-state index is 12.1. The fourth-order valence-electron chi connectivity index (χ4n) is 3.07. The number of carbonyl (C=O) groups excluding carboxylic acids is 2. The Hall–Kier alpha value is -1.88. The summed E-state index contributed by atoms with van der Waals surface area (Å²) in [5.74, 6) is -0.333. The molecule has 1 aliphatic carbocycles. The summed E-state index contributed by atoms with van der Waals surface area (Å²) in [6, 6.07) is 9.05. The molecule has 24 heavy (non-hydrogen) atoms. The fraction of sp³-hybridized carbons (Fsp3) is 0.579. The largest absolute Gasteiger partial charge is 0.444 e. The number of ketones is 1. The molecule has 1 aromatic rings. The van der Waals surface area contributed by atoms with E-state index in [1.807, 2.05) is 30.3 Å². The molecule has 2 N–H and O–H groups in total. The van der Waals surface area contributed by atoms with Gasteiger partial charge >= 0.3 is 6.09 Å². The van der Waals surface area contributed by atoms with Crippen LogP contribution in [0.3, 0.4) is 0 Å². The van der Waals surface area contributed by atoms with Crippen molar-refractivity contribution in [2.24, 2.45) is 5.92 Å². The second-order valence-corrected chi connectivity index (χ2v) is 7.40. The van der Waals surface area contributed by atoms with Crippen molar-refractivity contribution in [3.05, 3.63) is 35.9 Å². The number of amides is 1. The molecule has 0 saturated heterocycles. The van der Waals surface area contributed by atoms with Crippen molar-refractivity contribution in [1.29, 1.82) is 0 Å². The minimum Gasteiger partial charge on any atom is -0.444 e. The number of carbonyl (C=O) groups is 2. The van der Waals surface area contributed by atoms with E-state index in [-0.39, 0.29) is 5.78 Å². The maximum atomic E-state index is 12.1. The lowest BCUT2D eigenvalue weighted by molar-refractivity contribution is -0.124. The van der Waals surface area contributed by atoms with Crippen molar-refractivity contribution in [1.82, 2.24) is 5.32 Å². The molecule has 3 atom stereocenters. The predicted octanol–water partition coefficient (Wildman–Crippen LogP) is 2.85. The molecule has 1 aliphatic rings. The van der Waals surface area contributed by atoms with Crippen molar-refractivity contribution in [3.63, 3.8) is 0 Å². The second-order valence-electron chi connectivity index (χ2n) is 7.40. The van der Waals surface area contributed by atoms with Gasteiger partial charge < -0.3 is 15.2 Å². The summed E-state index contributed by atoms with van der Waals surface area (Å²) in [6.45, 7) is 5.36. The Morgan fingerprint density at radius 3 is 2.54 bits per heavy atom. The van der Waals surface area contributed by atoms with E-state index in [4.69, 9.17) is 4.74 Å². The first-order valence-electron chi connectivity index (χ1n) is 8.50. The molecule has 0 bridgehead atoms. The number of hydrogen-bond acceptors (Lipinski definition) is 4. The zero-order chi connectivity index (χ0) is 17.7. The van der Waals surface area contributed by atoms with Crippen LogP contribution in [0.25, 0.3) is 0 Å². The van der Waals surface area contributed by atoms with Gasteiger partial charge in [0.05, 0.1) is 12.1 Å². The Bertz CT molecular complexity index is 564. The molecule has 1 aromatic carbocycles. The summed E-state index contributed by atoms with van der Waals surface area (Å²) < 4.78 is 5.30. The third-order valence-electron chi connectivity index (χ3n) is 4.18. The Labute approximate surface area is 143 Å². The summed E-state index contributed by atoms with van der Waals surface area (Å²) in [5.41, 5.74) is 0.373. The van der Waals surface area contributed by atoms with Crippen LogP contribution in [0, 0.1) is 5.92 Å². The highest BCUT2D eigenvalue weighted by Crippen LogP contribution is 2.27. The summed E-state index contributed by atoms with van der Waals surface area (Å²) in [6.07, 6.45) is 0.935. The van der Waals surface area contributed by atoms with Crippen molar-refractivity contribution in [3.8, 4) is 0 Å². The molecule has 0 radical (unpaired) electrons. The highest BCUT2D eigenvalue weighted by molar-refractivity contribution is 5.83. The summed E-state index contributed by atoms with van der Waals surface area (Å²) in [4.78, 5) is 24.1. The number of ether oxygens (including phenoxy) is 1. The van der Waals surface area contributed by atoms with Gasteiger partial charge in [-0.25, -0.2) is 4.79 Å². The smallest absolute Gasteiger partial charge is 0.407 e. The first-order valence-corrected chi connectivity index (χ1v) is 8.50. The molecule has 2 rings (SSSR count). The van der Waals surface area contributed by atoms with Gasteiger partial charge in [-0.15, -0.1) is 0 Å². The van der Waals surface area contributed by atoms with Crippen LogP contribution in [-0.2, 0) is 16.0 Å². The van der Waals surface area contributed by atoms with E-state index in [2.05, 4.69) is 5.32 Å². The van der Waals surface area contributed by atoms with Gasteiger partial charge in [0.25, 0.3) is 0 Å². The standard InChI is InChI=1S/C19H27NO4/c1-19(2,3)24-18(23)20-15(12-13-8-5-4-6-9-13)17(22)14-10-7-11-16(14)21/h4-6,8-9,14-15,17,22H,7,10-12H2,1-3H3,(H,20,23)/t14-,15-,17-/m0/s1. The van der Waals surface area contributed by atoms with Crippen LogP contribution in [-0.4, -0.2) is 34.7 Å². The third-order valence-corrected chi connectivity index (χ3v) is 4.18. The van der Waals surface area contributed by atoms with E-state index in [1.165, 1.54) is 0 Å². The Morgan fingerprint density at radius 2 is 2.00 bits per heavy atom. The monoisotopic (exact) mass is 333 g/mol. The van der Waals surface area contributed by atoms with Gasteiger partial charge in [-0.05, 0) is 45.6 Å². The summed E-state index contributed by atoms with van der Waals surface area (Å²) >= 11 is 0. The molecular weight excluding hydrogens is 306 g/mol.